The Bertz CT molecular complexity index is 260. The molecule has 0 spiro atoms. The van der Waals surface area contributed by atoms with E-state index in [2.05, 4.69) is 4.90 Å². The molecular weight excluding hydrogens is 230 g/mol. The summed E-state index contributed by atoms with van der Waals surface area (Å²) < 4.78 is 5.70. The van der Waals surface area contributed by atoms with Gasteiger partial charge in [-0.2, -0.15) is 0 Å². The van der Waals surface area contributed by atoms with Crippen molar-refractivity contribution in [2.75, 3.05) is 19.7 Å². The van der Waals surface area contributed by atoms with Gasteiger partial charge in [0.15, 0.2) is 0 Å². The molecule has 0 amide bonds. The summed E-state index contributed by atoms with van der Waals surface area (Å²) in [5.41, 5.74) is -0.151. The molecule has 0 aromatic carbocycles. The summed E-state index contributed by atoms with van der Waals surface area (Å²) in [5.74, 6) is -0.687. The predicted octanol–water partition coefficient (Wildman–Crippen LogP) is 2.52. The highest BCUT2D eigenvalue weighted by Gasteiger charge is 2.26. The average molecular weight is 257 g/mol. The number of hydrogen-bond donors (Lipinski definition) is 1. The van der Waals surface area contributed by atoms with Crippen molar-refractivity contribution in [1.82, 2.24) is 4.90 Å². The van der Waals surface area contributed by atoms with E-state index in [1.165, 1.54) is 6.42 Å². The van der Waals surface area contributed by atoms with Crippen LogP contribution in [0.2, 0.25) is 0 Å². The van der Waals surface area contributed by atoms with Crippen molar-refractivity contribution in [3.8, 4) is 0 Å². The molecule has 0 aromatic rings. The molecule has 1 atom stereocenters. The molecule has 1 rings (SSSR count). The van der Waals surface area contributed by atoms with Crippen LogP contribution in [0.5, 0.6) is 0 Å². The molecule has 0 radical (unpaired) electrons. The van der Waals surface area contributed by atoms with Crippen LogP contribution in [0.1, 0.15) is 52.9 Å². The molecule has 1 aliphatic rings. The van der Waals surface area contributed by atoms with Gasteiger partial charge in [-0.25, -0.2) is 0 Å². The van der Waals surface area contributed by atoms with Crippen molar-refractivity contribution in [2.24, 2.45) is 0 Å². The molecule has 0 saturated carbocycles. The number of nitrogens with zero attached hydrogens (tertiary/aromatic N) is 1. The Morgan fingerprint density at radius 3 is 2.56 bits per heavy atom. The van der Waals surface area contributed by atoms with E-state index in [0.29, 0.717) is 13.2 Å². The quantitative estimate of drug-likeness (QED) is 0.840. The molecule has 4 heteroatoms. The first kappa shape index (κ1) is 15.4. The molecular formula is C14H27NO3. The van der Waals surface area contributed by atoms with Gasteiger partial charge < -0.3 is 9.84 Å². The first-order valence-electron chi connectivity index (χ1n) is 7.01. The van der Waals surface area contributed by atoms with Crippen LogP contribution in [-0.2, 0) is 9.53 Å². The summed E-state index contributed by atoms with van der Waals surface area (Å²) in [5, 5.41) is 9.30. The van der Waals surface area contributed by atoms with Crippen LogP contribution in [0.4, 0.5) is 0 Å². The fourth-order valence-corrected chi connectivity index (χ4v) is 2.36. The van der Waals surface area contributed by atoms with Gasteiger partial charge in [-0.1, -0.05) is 19.3 Å². The number of carboxylic acid groups (broad SMARTS) is 1. The zero-order valence-electron chi connectivity index (χ0n) is 11.9. The van der Waals surface area contributed by atoms with Gasteiger partial charge in [0.1, 0.15) is 6.04 Å². The third kappa shape index (κ3) is 5.83. The number of rotatable bonds is 4. The van der Waals surface area contributed by atoms with Crippen molar-refractivity contribution >= 4 is 5.97 Å². The van der Waals surface area contributed by atoms with E-state index in [-0.39, 0.29) is 11.6 Å². The van der Waals surface area contributed by atoms with E-state index < -0.39 is 5.97 Å². The maximum absolute atomic E-state index is 11.3. The van der Waals surface area contributed by atoms with Crippen LogP contribution in [0.15, 0.2) is 0 Å². The minimum Gasteiger partial charge on any atom is -0.480 e. The van der Waals surface area contributed by atoms with Crippen molar-refractivity contribution in [3.63, 3.8) is 0 Å². The predicted molar refractivity (Wildman–Crippen MR) is 71.8 cm³/mol. The number of hydrogen-bond acceptors (Lipinski definition) is 3. The molecule has 0 bridgehead atoms. The zero-order valence-corrected chi connectivity index (χ0v) is 11.9. The molecule has 0 aromatic heterocycles. The second kappa shape index (κ2) is 7.10. The first-order chi connectivity index (χ1) is 8.40. The van der Waals surface area contributed by atoms with Gasteiger partial charge in [-0.3, -0.25) is 9.69 Å². The SMILES string of the molecule is CC(C)(C)OCCN1CCCCCCC1C(=O)O. The Morgan fingerprint density at radius 1 is 1.28 bits per heavy atom. The van der Waals surface area contributed by atoms with Crippen LogP contribution in [0.3, 0.4) is 0 Å². The molecule has 0 aliphatic carbocycles. The second-order valence-electron chi connectivity index (χ2n) is 6.05. The fourth-order valence-electron chi connectivity index (χ4n) is 2.36. The number of ether oxygens (including phenoxy) is 1. The van der Waals surface area contributed by atoms with Gasteiger partial charge >= 0.3 is 5.97 Å². The molecule has 4 nitrogen and oxygen atoms in total. The maximum Gasteiger partial charge on any atom is 0.320 e. The molecule has 1 unspecified atom stereocenters. The van der Waals surface area contributed by atoms with Crippen LogP contribution in [-0.4, -0.2) is 47.3 Å². The van der Waals surface area contributed by atoms with E-state index in [0.717, 1.165) is 32.2 Å². The Kier molecular flexibility index (Phi) is 6.09. The monoisotopic (exact) mass is 257 g/mol. The van der Waals surface area contributed by atoms with Crippen molar-refractivity contribution in [3.05, 3.63) is 0 Å². The van der Waals surface area contributed by atoms with Gasteiger partial charge in [-0.15, -0.1) is 0 Å². The van der Waals surface area contributed by atoms with Crippen molar-refractivity contribution in [2.45, 2.75) is 64.5 Å². The Labute approximate surface area is 110 Å². The number of carbonyl (C=O) groups is 1. The smallest absolute Gasteiger partial charge is 0.320 e. The Morgan fingerprint density at radius 2 is 1.94 bits per heavy atom. The lowest BCUT2D eigenvalue weighted by atomic mass is 10.0. The van der Waals surface area contributed by atoms with E-state index in [1.807, 2.05) is 20.8 Å². The average Bonchev–Trinajstić information content (AvgIpc) is 2.18. The van der Waals surface area contributed by atoms with Gasteiger partial charge in [0.25, 0.3) is 0 Å². The van der Waals surface area contributed by atoms with Crippen molar-refractivity contribution < 1.29 is 14.6 Å². The maximum atomic E-state index is 11.3. The summed E-state index contributed by atoms with van der Waals surface area (Å²) >= 11 is 0. The molecule has 18 heavy (non-hydrogen) atoms. The Hall–Kier alpha value is -0.610. The lowest BCUT2D eigenvalue weighted by Crippen LogP contribution is -2.44. The van der Waals surface area contributed by atoms with E-state index in [1.54, 1.807) is 0 Å². The highest BCUT2D eigenvalue weighted by molar-refractivity contribution is 5.73. The lowest BCUT2D eigenvalue weighted by molar-refractivity contribution is -0.144. The van der Waals surface area contributed by atoms with Crippen LogP contribution >= 0.6 is 0 Å². The largest absolute Gasteiger partial charge is 0.480 e. The zero-order chi connectivity index (χ0) is 13.6. The lowest BCUT2D eigenvalue weighted by Gasteiger charge is -2.31. The van der Waals surface area contributed by atoms with Gasteiger partial charge in [-0.05, 0) is 40.2 Å². The van der Waals surface area contributed by atoms with Gasteiger partial charge in [0, 0.05) is 6.54 Å². The minimum absolute atomic E-state index is 0.151. The highest BCUT2D eigenvalue weighted by atomic mass is 16.5. The van der Waals surface area contributed by atoms with Crippen molar-refractivity contribution in [1.29, 1.82) is 0 Å². The highest BCUT2D eigenvalue weighted by Crippen LogP contribution is 2.17. The third-order valence-electron chi connectivity index (χ3n) is 3.31. The number of carboxylic acids is 1. The second-order valence-corrected chi connectivity index (χ2v) is 6.05. The summed E-state index contributed by atoms with van der Waals surface area (Å²) in [6, 6.07) is -0.325. The van der Waals surface area contributed by atoms with Gasteiger partial charge in [0.2, 0.25) is 0 Å². The summed E-state index contributed by atoms with van der Waals surface area (Å²) in [4.78, 5) is 13.4. The summed E-state index contributed by atoms with van der Waals surface area (Å²) in [7, 11) is 0. The Balaban J connectivity index is 2.47. The number of aliphatic carboxylic acids is 1. The molecule has 1 saturated heterocycles. The summed E-state index contributed by atoms with van der Waals surface area (Å²) in [6.07, 6.45) is 5.26. The third-order valence-corrected chi connectivity index (χ3v) is 3.31. The minimum atomic E-state index is -0.687. The van der Waals surface area contributed by atoms with E-state index in [9.17, 15) is 9.90 Å². The molecule has 1 heterocycles. The van der Waals surface area contributed by atoms with Gasteiger partial charge in [0.05, 0.1) is 12.2 Å². The van der Waals surface area contributed by atoms with E-state index >= 15 is 0 Å². The van der Waals surface area contributed by atoms with E-state index in [4.69, 9.17) is 4.74 Å². The molecule has 1 fully saturated rings. The normalized spacial score (nSPS) is 23.4. The van der Waals surface area contributed by atoms with Crippen LogP contribution in [0.25, 0.3) is 0 Å². The first-order valence-corrected chi connectivity index (χ1v) is 7.01. The van der Waals surface area contributed by atoms with Crippen LogP contribution in [0, 0.1) is 0 Å². The van der Waals surface area contributed by atoms with Crippen LogP contribution < -0.4 is 0 Å². The topological polar surface area (TPSA) is 49.8 Å². The molecule has 1 aliphatic heterocycles. The molecule has 106 valence electrons. The number of likely N-dealkylation sites (tertiary alicyclic amines) is 1. The summed E-state index contributed by atoms with van der Waals surface area (Å²) in [6.45, 7) is 8.27. The standard InChI is InChI=1S/C14H27NO3/c1-14(2,3)18-11-10-15-9-7-5-4-6-8-12(15)13(16)17/h12H,4-11H2,1-3H3,(H,16,17). The molecule has 1 N–H and O–H groups in total. The fraction of sp³-hybridized carbons (Fsp3) is 0.929.